The van der Waals surface area contributed by atoms with Crippen molar-refractivity contribution in [2.24, 2.45) is 0 Å². The van der Waals surface area contributed by atoms with E-state index in [0.29, 0.717) is 19.3 Å². The molecule has 0 aromatic rings. The molecule has 11 nitrogen and oxygen atoms in total. The van der Waals surface area contributed by atoms with Crippen molar-refractivity contribution in [1.82, 2.24) is 5.32 Å². The summed E-state index contributed by atoms with van der Waals surface area (Å²) in [4.78, 5) is 13.1. The van der Waals surface area contributed by atoms with Crippen molar-refractivity contribution in [2.75, 3.05) is 13.2 Å². The topological polar surface area (TPSA) is 189 Å². The Bertz CT molecular complexity index is 1180. The second-order valence-electron chi connectivity index (χ2n) is 19.6. The van der Waals surface area contributed by atoms with E-state index in [0.717, 1.165) is 38.5 Å². The maximum Gasteiger partial charge on any atom is 0.249 e. The quantitative estimate of drug-likeness (QED) is 0.0215. The molecule has 0 radical (unpaired) electrons. The molecule has 0 aliphatic carbocycles. The number of hydrogen-bond donors (Lipinski definition) is 8. The number of allylic oxidation sites excluding steroid dienone is 6. The summed E-state index contributed by atoms with van der Waals surface area (Å²) in [7, 11) is 0. The van der Waals surface area contributed by atoms with Gasteiger partial charge in [-0.25, -0.2) is 0 Å². The van der Waals surface area contributed by atoms with Crippen LogP contribution in [0.3, 0.4) is 0 Å². The number of rotatable bonds is 47. The first-order chi connectivity index (χ1) is 32.7. The fourth-order valence-electron chi connectivity index (χ4n) is 8.81. The van der Waals surface area contributed by atoms with Gasteiger partial charge in [0.05, 0.1) is 25.4 Å². The predicted molar refractivity (Wildman–Crippen MR) is 275 cm³/mol. The summed E-state index contributed by atoms with van der Waals surface area (Å²) in [6.45, 7) is 3.42. The van der Waals surface area contributed by atoms with E-state index in [1.165, 1.54) is 161 Å². The summed E-state index contributed by atoms with van der Waals surface area (Å²) in [6.07, 6.45) is 43.5. The van der Waals surface area contributed by atoms with E-state index in [2.05, 4.69) is 55.6 Å². The van der Waals surface area contributed by atoms with E-state index >= 15 is 0 Å². The second-order valence-corrected chi connectivity index (χ2v) is 19.6. The maximum atomic E-state index is 13.1. The molecule has 1 aliphatic rings. The highest BCUT2D eigenvalue weighted by atomic mass is 16.7. The zero-order chi connectivity index (χ0) is 49.0. The van der Waals surface area contributed by atoms with Crippen LogP contribution in [0.2, 0.25) is 0 Å². The number of aliphatic hydroxyl groups is 7. The van der Waals surface area contributed by atoms with Gasteiger partial charge in [-0.15, -0.1) is 0 Å². The van der Waals surface area contributed by atoms with Gasteiger partial charge in [-0.2, -0.15) is 0 Å². The lowest BCUT2D eigenvalue weighted by atomic mass is 9.98. The Balaban J connectivity index is 2.31. The van der Waals surface area contributed by atoms with E-state index in [1.54, 1.807) is 0 Å². The number of carbonyl (C=O) groups excluding carboxylic acids is 1. The number of amides is 1. The van der Waals surface area contributed by atoms with Crippen LogP contribution in [0.15, 0.2) is 36.5 Å². The molecule has 0 aromatic heterocycles. The third kappa shape index (κ3) is 34.3. The Morgan fingerprint density at radius 1 is 0.507 bits per heavy atom. The number of hydrogen-bond acceptors (Lipinski definition) is 10. The van der Waals surface area contributed by atoms with Gasteiger partial charge in [-0.05, 0) is 77.0 Å². The zero-order valence-corrected chi connectivity index (χ0v) is 42.9. The normalized spacial score (nSPS) is 20.9. The Kier molecular flexibility index (Phi) is 43.0. The van der Waals surface area contributed by atoms with Gasteiger partial charge in [0.2, 0.25) is 5.91 Å². The first-order valence-corrected chi connectivity index (χ1v) is 27.9. The van der Waals surface area contributed by atoms with Gasteiger partial charge in [-0.1, -0.05) is 204 Å². The predicted octanol–water partition coefficient (Wildman–Crippen LogP) is 11.1. The third-order valence-corrected chi connectivity index (χ3v) is 13.4. The van der Waals surface area contributed by atoms with Crippen molar-refractivity contribution < 1.29 is 50.0 Å². The first-order valence-electron chi connectivity index (χ1n) is 27.9. The molecule has 9 unspecified atom stereocenters. The average Bonchev–Trinajstić information content (AvgIpc) is 3.33. The SMILES string of the molecule is CCCCCCC/C=C/CC/C=C/CCCC(O)C(O)C(COC1OC(CO)C(O)C(O)C1O)NC(=O)C(O)CCCCCCCCCCCC/C=C\CCCCCCCCCCCCCC. The first kappa shape index (κ1) is 63.3. The van der Waals surface area contributed by atoms with E-state index in [1.807, 2.05) is 0 Å². The minimum atomic E-state index is -1.67. The van der Waals surface area contributed by atoms with Gasteiger partial charge in [0.1, 0.15) is 36.6 Å². The molecule has 67 heavy (non-hydrogen) atoms. The second kappa shape index (κ2) is 45.5. The molecular formula is C56H105NO10. The van der Waals surface area contributed by atoms with Crippen LogP contribution in [0.25, 0.3) is 0 Å². The maximum absolute atomic E-state index is 13.1. The van der Waals surface area contributed by atoms with Crippen LogP contribution in [0.1, 0.15) is 245 Å². The highest BCUT2D eigenvalue weighted by Gasteiger charge is 2.44. The van der Waals surface area contributed by atoms with Gasteiger partial charge >= 0.3 is 0 Å². The fourth-order valence-corrected chi connectivity index (χ4v) is 8.81. The van der Waals surface area contributed by atoms with Crippen LogP contribution in [-0.4, -0.2) is 110 Å². The minimum absolute atomic E-state index is 0.246. The third-order valence-electron chi connectivity index (χ3n) is 13.4. The molecule has 1 aliphatic heterocycles. The molecule has 1 rings (SSSR count). The van der Waals surface area contributed by atoms with Crippen molar-refractivity contribution in [3.05, 3.63) is 36.5 Å². The lowest BCUT2D eigenvalue weighted by Gasteiger charge is -2.40. The Hall–Kier alpha value is -1.67. The summed E-state index contributed by atoms with van der Waals surface area (Å²) in [5.41, 5.74) is 0. The number of aliphatic hydroxyl groups excluding tert-OH is 7. The Labute approximate surface area is 409 Å². The smallest absolute Gasteiger partial charge is 0.249 e. The number of ether oxygens (including phenoxy) is 2. The van der Waals surface area contributed by atoms with Gasteiger partial charge in [0.15, 0.2) is 6.29 Å². The van der Waals surface area contributed by atoms with Crippen molar-refractivity contribution in [3.63, 3.8) is 0 Å². The zero-order valence-electron chi connectivity index (χ0n) is 42.9. The van der Waals surface area contributed by atoms with Crippen molar-refractivity contribution in [1.29, 1.82) is 0 Å². The highest BCUT2D eigenvalue weighted by molar-refractivity contribution is 5.80. The Morgan fingerprint density at radius 2 is 0.896 bits per heavy atom. The molecule has 0 saturated carbocycles. The average molecular weight is 952 g/mol. The van der Waals surface area contributed by atoms with Crippen molar-refractivity contribution in [2.45, 2.75) is 300 Å². The molecule has 1 amide bonds. The molecule has 0 spiro atoms. The molecule has 0 aromatic carbocycles. The van der Waals surface area contributed by atoms with Crippen molar-refractivity contribution in [3.8, 4) is 0 Å². The molecule has 394 valence electrons. The highest BCUT2D eigenvalue weighted by Crippen LogP contribution is 2.23. The largest absolute Gasteiger partial charge is 0.394 e. The molecule has 8 N–H and O–H groups in total. The van der Waals surface area contributed by atoms with E-state index in [-0.39, 0.29) is 12.8 Å². The molecule has 11 heteroatoms. The van der Waals surface area contributed by atoms with Crippen LogP contribution in [-0.2, 0) is 14.3 Å². The van der Waals surface area contributed by atoms with Gasteiger partial charge in [0.25, 0.3) is 0 Å². The van der Waals surface area contributed by atoms with Gasteiger partial charge in [0, 0.05) is 0 Å². The van der Waals surface area contributed by atoms with Crippen molar-refractivity contribution >= 4 is 5.91 Å². The molecule has 9 atom stereocenters. The minimum Gasteiger partial charge on any atom is -0.394 e. The van der Waals surface area contributed by atoms with E-state index in [9.17, 15) is 40.5 Å². The number of unbranched alkanes of at least 4 members (excludes halogenated alkanes) is 29. The summed E-state index contributed by atoms with van der Waals surface area (Å²) >= 11 is 0. The van der Waals surface area contributed by atoms with Crippen LogP contribution in [0, 0.1) is 0 Å². The lowest BCUT2D eigenvalue weighted by Crippen LogP contribution is -2.60. The van der Waals surface area contributed by atoms with E-state index in [4.69, 9.17) is 9.47 Å². The Morgan fingerprint density at radius 3 is 1.33 bits per heavy atom. The van der Waals surface area contributed by atoms with Crippen LogP contribution in [0.4, 0.5) is 0 Å². The lowest BCUT2D eigenvalue weighted by molar-refractivity contribution is -0.303. The number of nitrogens with one attached hydrogen (secondary N) is 1. The van der Waals surface area contributed by atoms with Crippen LogP contribution >= 0.6 is 0 Å². The molecule has 0 bridgehead atoms. The summed E-state index contributed by atoms with van der Waals surface area (Å²) < 4.78 is 11.1. The number of carbonyl (C=O) groups is 1. The molecular weight excluding hydrogens is 847 g/mol. The molecule has 1 heterocycles. The van der Waals surface area contributed by atoms with Crippen LogP contribution < -0.4 is 5.32 Å². The van der Waals surface area contributed by atoms with Gasteiger partial charge in [-0.3, -0.25) is 4.79 Å². The van der Waals surface area contributed by atoms with Gasteiger partial charge < -0.3 is 50.5 Å². The molecule has 1 fully saturated rings. The van der Waals surface area contributed by atoms with E-state index < -0.39 is 74.2 Å². The summed E-state index contributed by atoms with van der Waals surface area (Å²) in [5, 5.41) is 75.9. The fraction of sp³-hybridized carbons (Fsp3) is 0.875. The summed E-state index contributed by atoms with van der Waals surface area (Å²) in [5.74, 6) is -0.711. The summed E-state index contributed by atoms with van der Waals surface area (Å²) in [6, 6.07) is -1.19. The molecule has 1 saturated heterocycles. The standard InChI is InChI=1S/C56H105NO10/c1-3-5-7-9-11-13-15-17-19-20-21-22-23-24-25-26-27-28-29-30-32-34-36-38-40-42-44-49(60)55(65)57-47(46-66-56-54(64)53(63)52(62)50(45-58)67-56)51(61)48(59)43-41-39-37-35-33-31-18-16-14-12-10-8-6-4-2/h16,18,24-25,35,37,47-54,56,58-64H,3-15,17,19-23,26-34,36,38-46H2,1-2H3,(H,57,65)/b18-16+,25-24-,37-35+. The van der Waals surface area contributed by atoms with Crippen LogP contribution in [0.5, 0.6) is 0 Å². The monoisotopic (exact) mass is 952 g/mol.